The van der Waals surface area contributed by atoms with Gasteiger partial charge in [0.1, 0.15) is 0 Å². The Bertz CT molecular complexity index is 426. The summed E-state index contributed by atoms with van der Waals surface area (Å²) in [6, 6.07) is 0. The summed E-state index contributed by atoms with van der Waals surface area (Å²) in [4.78, 5) is 6.84. The molecular weight excluding hydrogens is 405 g/mol. The summed E-state index contributed by atoms with van der Waals surface area (Å²) in [6.45, 7) is 6.92. The van der Waals surface area contributed by atoms with Crippen molar-refractivity contribution in [2.75, 3.05) is 39.9 Å². The van der Waals surface area contributed by atoms with Crippen LogP contribution in [-0.2, 0) is 4.74 Å². The Labute approximate surface area is 157 Å². The average molecular weight is 437 g/mol. The minimum Gasteiger partial charge on any atom is -0.392 e. The molecule has 3 fully saturated rings. The fourth-order valence-electron chi connectivity index (χ4n) is 4.29. The largest absolute Gasteiger partial charge is 0.392 e. The Morgan fingerprint density at radius 3 is 2.83 bits per heavy atom. The number of aliphatic hydroxyl groups excluding tert-OH is 1. The van der Waals surface area contributed by atoms with Crippen molar-refractivity contribution >= 4 is 29.9 Å². The minimum atomic E-state index is -0.194. The van der Waals surface area contributed by atoms with Crippen molar-refractivity contribution in [2.45, 2.75) is 51.6 Å². The lowest BCUT2D eigenvalue weighted by molar-refractivity contribution is 0.00367. The third-order valence-electron chi connectivity index (χ3n) is 6.06. The van der Waals surface area contributed by atoms with Crippen LogP contribution in [-0.4, -0.2) is 62.0 Å². The Morgan fingerprint density at radius 2 is 2.17 bits per heavy atom. The van der Waals surface area contributed by atoms with Gasteiger partial charge in [-0.25, -0.2) is 0 Å². The van der Waals surface area contributed by atoms with Crippen molar-refractivity contribution in [1.29, 1.82) is 0 Å². The summed E-state index contributed by atoms with van der Waals surface area (Å²) in [5.74, 6) is 0.989. The number of nitrogens with one attached hydrogen (secondary N) is 1. The van der Waals surface area contributed by atoms with Gasteiger partial charge in [0, 0.05) is 44.1 Å². The summed E-state index contributed by atoms with van der Waals surface area (Å²) >= 11 is 0. The lowest BCUT2D eigenvalue weighted by Gasteiger charge is -2.39. The molecule has 134 valence electrons. The van der Waals surface area contributed by atoms with Crippen LogP contribution in [0.15, 0.2) is 4.99 Å². The van der Waals surface area contributed by atoms with Gasteiger partial charge < -0.3 is 20.1 Å². The van der Waals surface area contributed by atoms with E-state index in [0.717, 1.165) is 58.1 Å². The molecule has 0 amide bonds. The smallest absolute Gasteiger partial charge is 0.193 e. The highest BCUT2D eigenvalue weighted by Gasteiger charge is 2.42. The summed E-state index contributed by atoms with van der Waals surface area (Å²) < 4.78 is 5.61. The molecule has 0 radical (unpaired) electrons. The van der Waals surface area contributed by atoms with Gasteiger partial charge in [0.05, 0.1) is 12.7 Å². The van der Waals surface area contributed by atoms with Crippen LogP contribution in [0.1, 0.15) is 45.4 Å². The molecule has 2 N–H and O–H groups in total. The first-order valence-electron chi connectivity index (χ1n) is 8.78. The molecule has 0 aromatic carbocycles. The third-order valence-corrected chi connectivity index (χ3v) is 6.06. The number of guanidine groups is 1. The van der Waals surface area contributed by atoms with E-state index in [2.05, 4.69) is 22.1 Å². The Hall–Kier alpha value is -0.0800. The topological polar surface area (TPSA) is 57.1 Å². The van der Waals surface area contributed by atoms with Crippen molar-refractivity contribution in [2.24, 2.45) is 15.8 Å². The number of rotatable bonds is 2. The average Bonchev–Trinajstić information content (AvgIpc) is 3.14. The first-order valence-corrected chi connectivity index (χ1v) is 8.78. The van der Waals surface area contributed by atoms with E-state index in [9.17, 15) is 5.11 Å². The summed E-state index contributed by atoms with van der Waals surface area (Å²) in [5.41, 5.74) is 0.327. The molecule has 0 bridgehead atoms. The summed E-state index contributed by atoms with van der Waals surface area (Å²) in [6.07, 6.45) is 6.58. The third kappa shape index (κ3) is 4.12. The monoisotopic (exact) mass is 437 g/mol. The second-order valence-corrected chi connectivity index (χ2v) is 7.79. The zero-order valence-corrected chi connectivity index (χ0v) is 16.8. The second kappa shape index (κ2) is 7.87. The van der Waals surface area contributed by atoms with Gasteiger partial charge in [-0.15, -0.1) is 24.0 Å². The maximum atomic E-state index is 10.3. The number of hydrogen-bond acceptors (Lipinski definition) is 3. The Kier molecular flexibility index (Phi) is 6.58. The highest BCUT2D eigenvalue weighted by molar-refractivity contribution is 14.0. The maximum absolute atomic E-state index is 10.3. The van der Waals surface area contributed by atoms with Gasteiger partial charge in [0.25, 0.3) is 0 Å². The van der Waals surface area contributed by atoms with Gasteiger partial charge in [0.2, 0.25) is 0 Å². The Balaban J connectivity index is 0.00000192. The number of nitrogens with zero attached hydrogens (tertiary/aromatic N) is 2. The van der Waals surface area contributed by atoms with Crippen LogP contribution in [0.3, 0.4) is 0 Å². The summed E-state index contributed by atoms with van der Waals surface area (Å²) in [5, 5.41) is 13.9. The molecule has 6 heteroatoms. The van der Waals surface area contributed by atoms with Gasteiger partial charge in [-0.3, -0.25) is 4.99 Å². The molecule has 3 rings (SSSR count). The molecule has 0 aromatic rings. The molecule has 0 aromatic heterocycles. The predicted molar refractivity (Wildman–Crippen MR) is 103 cm³/mol. The van der Waals surface area contributed by atoms with E-state index in [1.807, 2.05) is 7.05 Å². The molecular formula is C17H32IN3O2. The summed E-state index contributed by atoms with van der Waals surface area (Å²) in [7, 11) is 1.86. The number of halogens is 1. The zero-order chi connectivity index (χ0) is 15.6. The number of hydrogen-bond donors (Lipinski definition) is 2. The van der Waals surface area contributed by atoms with Gasteiger partial charge in [0.15, 0.2) is 5.96 Å². The second-order valence-electron chi connectivity index (χ2n) is 7.79. The van der Waals surface area contributed by atoms with E-state index < -0.39 is 0 Å². The zero-order valence-electron chi connectivity index (χ0n) is 14.5. The number of ether oxygens (including phenoxy) is 1. The molecule has 3 aliphatic rings. The first-order chi connectivity index (χ1) is 10.6. The van der Waals surface area contributed by atoms with E-state index in [1.165, 1.54) is 19.3 Å². The SMILES string of the molecule is CN=C(NCC1(C)CCCCC1O)N1CCC2(CCOC2)C1.I. The van der Waals surface area contributed by atoms with E-state index in [4.69, 9.17) is 4.74 Å². The lowest BCUT2D eigenvalue weighted by atomic mass is 9.73. The van der Waals surface area contributed by atoms with Gasteiger partial charge in [-0.1, -0.05) is 19.8 Å². The highest BCUT2D eigenvalue weighted by Crippen LogP contribution is 2.38. The van der Waals surface area contributed by atoms with Gasteiger partial charge >= 0.3 is 0 Å². The van der Waals surface area contributed by atoms with Gasteiger partial charge in [-0.05, 0) is 25.7 Å². The van der Waals surface area contributed by atoms with E-state index in [1.54, 1.807) is 0 Å². The van der Waals surface area contributed by atoms with Crippen LogP contribution in [0, 0.1) is 10.8 Å². The van der Waals surface area contributed by atoms with Crippen molar-refractivity contribution in [1.82, 2.24) is 10.2 Å². The van der Waals surface area contributed by atoms with Gasteiger partial charge in [-0.2, -0.15) is 0 Å². The molecule has 3 unspecified atom stereocenters. The predicted octanol–water partition coefficient (Wildman–Crippen LogP) is 2.23. The fourth-order valence-corrected chi connectivity index (χ4v) is 4.29. The molecule has 2 aliphatic heterocycles. The highest BCUT2D eigenvalue weighted by atomic mass is 127. The maximum Gasteiger partial charge on any atom is 0.193 e. The van der Waals surface area contributed by atoms with Crippen molar-refractivity contribution in [3.05, 3.63) is 0 Å². The van der Waals surface area contributed by atoms with Crippen LogP contribution in [0.25, 0.3) is 0 Å². The Morgan fingerprint density at radius 1 is 1.35 bits per heavy atom. The van der Waals surface area contributed by atoms with E-state index in [-0.39, 0.29) is 35.5 Å². The molecule has 1 saturated carbocycles. The molecule has 23 heavy (non-hydrogen) atoms. The normalized spacial score (nSPS) is 38.0. The standard InChI is InChI=1S/C17H31N3O2.HI/c1-16(6-4-3-5-14(16)21)11-19-15(18-2)20-9-7-17(12-20)8-10-22-13-17;/h14,21H,3-13H2,1-2H3,(H,18,19);1H. The number of likely N-dealkylation sites (tertiary alicyclic amines) is 1. The van der Waals surface area contributed by atoms with E-state index >= 15 is 0 Å². The molecule has 1 spiro atoms. The minimum absolute atomic E-state index is 0. The number of aliphatic imine (C=N–C) groups is 1. The van der Waals surface area contributed by atoms with E-state index in [0.29, 0.717) is 5.41 Å². The van der Waals surface area contributed by atoms with Crippen molar-refractivity contribution in [3.63, 3.8) is 0 Å². The molecule has 5 nitrogen and oxygen atoms in total. The van der Waals surface area contributed by atoms with Crippen LogP contribution in [0.2, 0.25) is 0 Å². The van der Waals surface area contributed by atoms with Crippen molar-refractivity contribution in [3.8, 4) is 0 Å². The quantitative estimate of drug-likeness (QED) is 0.395. The van der Waals surface area contributed by atoms with Crippen LogP contribution in [0.5, 0.6) is 0 Å². The van der Waals surface area contributed by atoms with Crippen LogP contribution >= 0.6 is 24.0 Å². The van der Waals surface area contributed by atoms with Crippen LogP contribution in [0.4, 0.5) is 0 Å². The fraction of sp³-hybridized carbons (Fsp3) is 0.941. The molecule has 2 heterocycles. The molecule has 3 atom stereocenters. The first kappa shape index (κ1) is 19.2. The van der Waals surface area contributed by atoms with Crippen LogP contribution < -0.4 is 5.32 Å². The number of aliphatic hydroxyl groups is 1. The van der Waals surface area contributed by atoms with Crippen molar-refractivity contribution < 1.29 is 9.84 Å². The molecule has 2 saturated heterocycles. The lowest BCUT2D eigenvalue weighted by Crippen LogP contribution is -2.49. The molecule has 1 aliphatic carbocycles.